The van der Waals surface area contributed by atoms with Gasteiger partial charge in [0.2, 0.25) is 0 Å². The lowest BCUT2D eigenvalue weighted by atomic mass is 10.1. The molecule has 8 heteroatoms. The van der Waals surface area contributed by atoms with Crippen molar-refractivity contribution in [2.75, 3.05) is 6.61 Å². The van der Waals surface area contributed by atoms with Gasteiger partial charge in [0.25, 0.3) is 5.91 Å². The molecule has 0 heterocycles. The fraction of sp³-hybridized carbons (Fsp3) is 0.185. The molecule has 0 unspecified atom stereocenters. The van der Waals surface area contributed by atoms with Crippen LogP contribution in [0.1, 0.15) is 36.6 Å². The number of benzene rings is 3. The summed E-state index contributed by atoms with van der Waals surface area (Å²) in [5.74, 6) is 0.247. The predicted octanol–water partition coefficient (Wildman–Crippen LogP) is 7.41. The molecule has 0 aliphatic rings. The first-order valence-electron chi connectivity index (χ1n) is 10.8. The number of ether oxygens (including phenoxy) is 2. The lowest BCUT2D eigenvalue weighted by Gasteiger charge is -2.15. The molecule has 0 spiro atoms. The Bertz CT molecular complexity index is 1270. The van der Waals surface area contributed by atoms with Gasteiger partial charge in [-0.25, -0.2) is 0 Å². The van der Waals surface area contributed by atoms with Crippen LogP contribution in [0.25, 0.3) is 6.08 Å². The Hall–Kier alpha value is -3.17. The summed E-state index contributed by atoms with van der Waals surface area (Å²) in [6.07, 6.45) is 1.46. The normalized spacial score (nSPS) is 11.9. The largest absolute Gasteiger partial charge is 0.490 e. The minimum Gasteiger partial charge on any atom is -0.490 e. The molecule has 0 aromatic heterocycles. The zero-order chi connectivity index (χ0) is 25.4. The van der Waals surface area contributed by atoms with E-state index in [9.17, 15) is 10.1 Å². The molecule has 0 bridgehead atoms. The Kier molecular flexibility index (Phi) is 9.45. The topological polar surface area (TPSA) is 71.3 Å². The summed E-state index contributed by atoms with van der Waals surface area (Å²) in [6.45, 7) is 4.24. The predicted molar refractivity (Wildman–Crippen MR) is 140 cm³/mol. The number of halogens is 3. The lowest BCUT2D eigenvalue weighted by Crippen LogP contribution is -2.27. The maximum atomic E-state index is 12.7. The number of hydrogen-bond acceptors (Lipinski definition) is 4. The van der Waals surface area contributed by atoms with Crippen LogP contribution in [-0.2, 0) is 11.4 Å². The van der Waals surface area contributed by atoms with E-state index in [1.54, 1.807) is 30.3 Å². The van der Waals surface area contributed by atoms with Gasteiger partial charge < -0.3 is 14.8 Å². The quantitative estimate of drug-likeness (QED) is 0.231. The van der Waals surface area contributed by atoms with Gasteiger partial charge in [0.05, 0.1) is 27.7 Å². The van der Waals surface area contributed by atoms with Crippen LogP contribution >= 0.6 is 34.8 Å². The summed E-state index contributed by atoms with van der Waals surface area (Å²) in [7, 11) is 0. The number of nitriles is 1. The molecular formula is C27H23Cl3N2O3. The first-order chi connectivity index (χ1) is 16.8. The van der Waals surface area contributed by atoms with Crippen molar-refractivity contribution in [2.45, 2.75) is 26.5 Å². The van der Waals surface area contributed by atoms with Crippen LogP contribution in [-0.4, -0.2) is 12.5 Å². The lowest BCUT2D eigenvalue weighted by molar-refractivity contribution is -0.117. The Morgan fingerprint density at radius 2 is 1.77 bits per heavy atom. The molecule has 1 N–H and O–H groups in total. The van der Waals surface area contributed by atoms with E-state index in [1.807, 2.05) is 50.2 Å². The van der Waals surface area contributed by atoms with E-state index in [4.69, 9.17) is 44.3 Å². The van der Waals surface area contributed by atoms with Gasteiger partial charge in [0.15, 0.2) is 11.5 Å². The Labute approximate surface area is 219 Å². The van der Waals surface area contributed by atoms with Gasteiger partial charge >= 0.3 is 0 Å². The number of nitrogens with one attached hydrogen (secondary N) is 1. The Balaban J connectivity index is 1.82. The van der Waals surface area contributed by atoms with E-state index in [0.29, 0.717) is 33.7 Å². The fourth-order valence-corrected chi connectivity index (χ4v) is 3.87. The van der Waals surface area contributed by atoms with Crippen LogP contribution < -0.4 is 14.8 Å². The summed E-state index contributed by atoms with van der Waals surface area (Å²) in [4.78, 5) is 12.7. The number of carbonyl (C=O) groups excluding carboxylic acids is 1. The highest BCUT2D eigenvalue weighted by Crippen LogP contribution is 2.38. The average Bonchev–Trinajstić information content (AvgIpc) is 2.84. The first kappa shape index (κ1) is 26.4. The number of carbonyl (C=O) groups is 1. The monoisotopic (exact) mass is 528 g/mol. The third-order valence-electron chi connectivity index (χ3n) is 5.02. The van der Waals surface area contributed by atoms with E-state index < -0.39 is 5.91 Å². The molecule has 180 valence electrons. The van der Waals surface area contributed by atoms with Crippen LogP contribution in [0.5, 0.6) is 11.5 Å². The standard InChI is InChI=1S/C27H23Cl3N2O3/c1-3-34-25-14-19(11-21(15-31)27(33)32-17(2)20-7-5-4-6-8-20)13-24(30)26(25)35-16-18-9-10-22(28)23(29)12-18/h4-14,17H,3,16H2,1-2H3,(H,32,33)/b21-11-/t17-/m0/s1. The Morgan fingerprint density at radius 1 is 1.03 bits per heavy atom. The van der Waals surface area contributed by atoms with Crippen LogP contribution in [0.2, 0.25) is 15.1 Å². The van der Waals surface area contributed by atoms with E-state index in [1.165, 1.54) is 6.08 Å². The summed E-state index contributed by atoms with van der Waals surface area (Å²) < 4.78 is 11.6. The molecule has 35 heavy (non-hydrogen) atoms. The minimum atomic E-state index is -0.488. The molecule has 3 rings (SSSR count). The van der Waals surface area contributed by atoms with Crippen molar-refractivity contribution < 1.29 is 14.3 Å². The molecule has 0 aliphatic carbocycles. The zero-order valence-electron chi connectivity index (χ0n) is 19.1. The maximum absolute atomic E-state index is 12.7. The zero-order valence-corrected chi connectivity index (χ0v) is 21.4. The summed E-state index contributed by atoms with van der Waals surface area (Å²) >= 11 is 18.5. The summed E-state index contributed by atoms with van der Waals surface area (Å²) in [5, 5.41) is 13.6. The summed E-state index contributed by atoms with van der Waals surface area (Å²) in [6, 6.07) is 19.7. The van der Waals surface area contributed by atoms with Crippen molar-refractivity contribution in [2.24, 2.45) is 0 Å². The fourth-order valence-electron chi connectivity index (χ4n) is 3.27. The van der Waals surface area contributed by atoms with Crippen molar-refractivity contribution in [3.05, 3.63) is 98.0 Å². The second-order valence-electron chi connectivity index (χ2n) is 7.58. The second kappa shape index (κ2) is 12.5. The number of nitrogens with zero attached hydrogens (tertiary/aromatic N) is 1. The smallest absolute Gasteiger partial charge is 0.262 e. The van der Waals surface area contributed by atoms with E-state index in [0.717, 1.165) is 11.1 Å². The molecule has 1 atom stereocenters. The maximum Gasteiger partial charge on any atom is 0.262 e. The number of rotatable bonds is 9. The molecule has 0 saturated carbocycles. The second-order valence-corrected chi connectivity index (χ2v) is 8.80. The third kappa shape index (κ3) is 7.16. The van der Waals surface area contributed by atoms with Crippen LogP contribution in [0.3, 0.4) is 0 Å². The van der Waals surface area contributed by atoms with Gasteiger partial charge in [-0.2, -0.15) is 5.26 Å². The average molecular weight is 530 g/mol. The number of hydrogen-bond donors (Lipinski definition) is 1. The molecule has 0 radical (unpaired) electrons. The third-order valence-corrected chi connectivity index (χ3v) is 6.04. The molecule has 5 nitrogen and oxygen atoms in total. The Morgan fingerprint density at radius 3 is 2.43 bits per heavy atom. The van der Waals surface area contributed by atoms with Crippen molar-refractivity contribution in [1.29, 1.82) is 5.26 Å². The van der Waals surface area contributed by atoms with Gasteiger partial charge in [0.1, 0.15) is 18.2 Å². The van der Waals surface area contributed by atoms with Gasteiger partial charge in [-0.1, -0.05) is 71.2 Å². The molecule has 3 aromatic rings. The highest BCUT2D eigenvalue weighted by atomic mass is 35.5. The molecule has 0 saturated heterocycles. The summed E-state index contributed by atoms with van der Waals surface area (Å²) in [5.41, 5.74) is 2.20. The van der Waals surface area contributed by atoms with Crippen LogP contribution in [0, 0.1) is 11.3 Å². The van der Waals surface area contributed by atoms with Gasteiger partial charge in [-0.05, 0) is 60.9 Å². The van der Waals surface area contributed by atoms with Crippen molar-refractivity contribution in [3.63, 3.8) is 0 Å². The first-order valence-corrected chi connectivity index (χ1v) is 12.0. The molecule has 0 fully saturated rings. The van der Waals surface area contributed by atoms with Gasteiger partial charge in [-0.15, -0.1) is 0 Å². The molecule has 1 amide bonds. The number of amides is 1. The van der Waals surface area contributed by atoms with E-state index in [2.05, 4.69) is 5.32 Å². The minimum absolute atomic E-state index is 0.0595. The van der Waals surface area contributed by atoms with Crippen molar-refractivity contribution in [1.82, 2.24) is 5.32 Å². The molecule has 3 aromatic carbocycles. The molecule has 0 aliphatic heterocycles. The highest BCUT2D eigenvalue weighted by molar-refractivity contribution is 6.42. The van der Waals surface area contributed by atoms with E-state index >= 15 is 0 Å². The van der Waals surface area contributed by atoms with Gasteiger partial charge in [0, 0.05) is 0 Å². The van der Waals surface area contributed by atoms with Crippen molar-refractivity contribution in [3.8, 4) is 17.6 Å². The van der Waals surface area contributed by atoms with Gasteiger partial charge in [-0.3, -0.25) is 4.79 Å². The van der Waals surface area contributed by atoms with Crippen molar-refractivity contribution >= 4 is 46.8 Å². The molecular weight excluding hydrogens is 507 g/mol. The van der Waals surface area contributed by atoms with Crippen LogP contribution in [0.4, 0.5) is 0 Å². The highest BCUT2D eigenvalue weighted by Gasteiger charge is 2.17. The van der Waals surface area contributed by atoms with Crippen LogP contribution in [0.15, 0.2) is 66.2 Å². The SMILES string of the molecule is CCOc1cc(/C=C(/C#N)C(=O)N[C@@H](C)c2ccccc2)cc(Cl)c1OCc1ccc(Cl)c(Cl)c1. The van der Waals surface area contributed by atoms with E-state index in [-0.39, 0.29) is 23.2 Å².